The van der Waals surface area contributed by atoms with Crippen molar-refractivity contribution in [3.05, 3.63) is 58.9 Å². The van der Waals surface area contributed by atoms with Gasteiger partial charge in [-0.25, -0.2) is 0 Å². The number of nitrogens with one attached hydrogen (secondary N) is 1. The van der Waals surface area contributed by atoms with Gasteiger partial charge in [0.25, 0.3) is 11.8 Å². The first-order chi connectivity index (χ1) is 14.9. The molecule has 7 nitrogen and oxygen atoms in total. The van der Waals surface area contributed by atoms with Crippen LogP contribution in [0.2, 0.25) is 0 Å². The summed E-state index contributed by atoms with van der Waals surface area (Å²) < 4.78 is 5.58. The molecule has 0 radical (unpaired) electrons. The van der Waals surface area contributed by atoms with E-state index in [-0.39, 0.29) is 17.2 Å². The maximum atomic E-state index is 12.8. The number of rotatable bonds is 6. The number of aromatic nitrogens is 1. The van der Waals surface area contributed by atoms with Crippen molar-refractivity contribution >= 4 is 24.6 Å². The van der Waals surface area contributed by atoms with Crippen molar-refractivity contribution in [3.8, 4) is 0 Å². The lowest BCUT2D eigenvalue weighted by molar-refractivity contribution is 0.0667. The number of furan rings is 1. The summed E-state index contributed by atoms with van der Waals surface area (Å²) >= 11 is 0. The van der Waals surface area contributed by atoms with E-state index in [4.69, 9.17) is 4.42 Å². The summed E-state index contributed by atoms with van der Waals surface area (Å²) in [5.74, 6) is 1.30. The lowest BCUT2D eigenvalue weighted by Crippen LogP contribution is -2.40. The molecule has 2 fully saturated rings. The van der Waals surface area contributed by atoms with E-state index in [1.165, 1.54) is 0 Å². The molecule has 1 aliphatic carbocycles. The molecular formula is C24H28N4O3. The second kappa shape index (κ2) is 8.49. The third kappa shape index (κ3) is 4.31. The summed E-state index contributed by atoms with van der Waals surface area (Å²) in [5.41, 5.74) is 2.52. The van der Waals surface area contributed by atoms with E-state index in [0.29, 0.717) is 29.5 Å². The van der Waals surface area contributed by atoms with Gasteiger partial charge in [-0.3, -0.25) is 19.6 Å². The van der Waals surface area contributed by atoms with Crippen LogP contribution in [0.15, 0.2) is 40.0 Å². The van der Waals surface area contributed by atoms with Gasteiger partial charge in [0, 0.05) is 43.3 Å². The maximum absolute atomic E-state index is 12.8. The highest BCUT2D eigenvalue weighted by atomic mass is 16.3. The molecule has 31 heavy (non-hydrogen) atoms. The van der Waals surface area contributed by atoms with Gasteiger partial charge in [0.1, 0.15) is 5.76 Å². The molecule has 1 aliphatic heterocycles. The van der Waals surface area contributed by atoms with Crippen molar-refractivity contribution in [2.45, 2.75) is 33.1 Å². The molecule has 4 rings (SSSR count). The van der Waals surface area contributed by atoms with Crippen molar-refractivity contribution in [1.82, 2.24) is 15.2 Å². The van der Waals surface area contributed by atoms with Crippen LogP contribution in [0, 0.1) is 25.2 Å². The quantitative estimate of drug-likeness (QED) is 0.723. The highest BCUT2D eigenvalue weighted by Crippen LogP contribution is 2.59. The molecule has 0 aromatic carbocycles. The Balaban J connectivity index is 1.28. The molecule has 1 saturated heterocycles. The number of pyridine rings is 1. The number of hydrogen-bond acceptors (Lipinski definition) is 5. The summed E-state index contributed by atoms with van der Waals surface area (Å²) in [6, 6.07) is 5.37. The van der Waals surface area contributed by atoms with Gasteiger partial charge in [-0.1, -0.05) is 0 Å². The molecule has 2 amide bonds. The predicted molar refractivity (Wildman–Crippen MR) is 119 cm³/mol. The lowest BCUT2D eigenvalue weighted by Gasteiger charge is -2.33. The molecule has 1 N–H and O–H groups in total. The molecule has 2 aromatic heterocycles. The summed E-state index contributed by atoms with van der Waals surface area (Å²) in [4.78, 5) is 35.1. The number of piperidine rings is 1. The van der Waals surface area contributed by atoms with E-state index in [1.54, 1.807) is 30.6 Å². The Kier molecular flexibility index (Phi) is 5.76. The third-order valence-electron chi connectivity index (χ3n) is 6.69. The number of carbonyl (C=O) groups is 2. The zero-order chi connectivity index (χ0) is 22.0. The van der Waals surface area contributed by atoms with E-state index in [1.807, 2.05) is 24.8 Å². The lowest BCUT2D eigenvalue weighted by atomic mass is 9.90. The second-order valence-corrected chi connectivity index (χ2v) is 8.52. The van der Waals surface area contributed by atoms with E-state index in [0.717, 1.165) is 43.6 Å². The van der Waals surface area contributed by atoms with Crippen LogP contribution in [0.4, 0.5) is 0 Å². The number of carbonyl (C=O) groups excluding carboxylic acids is 2. The Morgan fingerprint density at radius 3 is 2.87 bits per heavy atom. The molecule has 7 heteroatoms. The van der Waals surface area contributed by atoms with E-state index in [2.05, 4.69) is 22.0 Å². The molecule has 2 aliphatic rings. The Hall–Kier alpha value is -3.22. The average Bonchev–Trinajstić information content (AvgIpc) is 3.30. The molecule has 2 aromatic rings. The van der Waals surface area contributed by atoms with Gasteiger partial charge in [-0.15, -0.1) is 0 Å². The number of aliphatic imine (C=N–C) groups is 1. The second-order valence-electron chi connectivity index (χ2n) is 8.52. The zero-order valence-corrected chi connectivity index (χ0v) is 18.1. The first kappa shape index (κ1) is 21.0. The fourth-order valence-electron chi connectivity index (χ4n) is 4.58. The minimum absolute atomic E-state index is 0.0654. The Morgan fingerprint density at radius 1 is 1.39 bits per heavy atom. The number of nitrogens with zero attached hydrogens (tertiary/aromatic N) is 3. The Bertz CT molecular complexity index is 1030. The van der Waals surface area contributed by atoms with Gasteiger partial charge < -0.3 is 14.6 Å². The number of aryl methyl sites for hydroxylation is 2. The first-order valence-electron chi connectivity index (χ1n) is 10.7. The SMILES string of the molecule is C=N/C=C\c1cc(C(=O)NCC2CC23CCN(C(=O)c2cccnc2C)CC3)oc1C. The molecular weight excluding hydrogens is 392 g/mol. The number of hydrogen-bond donors (Lipinski definition) is 1. The summed E-state index contributed by atoms with van der Waals surface area (Å²) in [6.45, 7) is 9.23. The summed E-state index contributed by atoms with van der Waals surface area (Å²) in [6.07, 6.45) is 8.09. The summed E-state index contributed by atoms with van der Waals surface area (Å²) in [7, 11) is 0. The van der Waals surface area contributed by atoms with Crippen molar-refractivity contribution in [1.29, 1.82) is 0 Å². The monoisotopic (exact) mass is 420 g/mol. The molecule has 1 saturated carbocycles. The van der Waals surface area contributed by atoms with Gasteiger partial charge >= 0.3 is 0 Å². The average molecular weight is 421 g/mol. The molecule has 3 heterocycles. The smallest absolute Gasteiger partial charge is 0.287 e. The van der Waals surface area contributed by atoms with Gasteiger partial charge in [0.2, 0.25) is 0 Å². The first-order valence-corrected chi connectivity index (χ1v) is 10.7. The van der Waals surface area contributed by atoms with Crippen LogP contribution in [0.1, 0.15) is 57.2 Å². The normalized spacial score (nSPS) is 19.5. The highest BCUT2D eigenvalue weighted by Gasteiger charge is 2.54. The van der Waals surface area contributed by atoms with Gasteiger partial charge in [0.15, 0.2) is 5.76 Å². The number of likely N-dealkylation sites (tertiary alicyclic amines) is 1. The fraction of sp³-hybridized carbons (Fsp3) is 0.417. The van der Waals surface area contributed by atoms with Gasteiger partial charge in [-0.2, -0.15) is 0 Å². The van der Waals surface area contributed by atoms with E-state index >= 15 is 0 Å². The van der Waals surface area contributed by atoms with Crippen LogP contribution in [0.25, 0.3) is 6.08 Å². The van der Waals surface area contributed by atoms with E-state index < -0.39 is 0 Å². The van der Waals surface area contributed by atoms with Crippen molar-refractivity contribution < 1.29 is 14.0 Å². The topological polar surface area (TPSA) is 87.8 Å². The van der Waals surface area contributed by atoms with E-state index in [9.17, 15) is 9.59 Å². The zero-order valence-electron chi connectivity index (χ0n) is 18.1. The van der Waals surface area contributed by atoms with Crippen LogP contribution in [0.5, 0.6) is 0 Å². The van der Waals surface area contributed by atoms with Crippen molar-refractivity contribution in [2.24, 2.45) is 16.3 Å². The minimum atomic E-state index is -0.198. The summed E-state index contributed by atoms with van der Waals surface area (Å²) in [5, 5.41) is 3.02. The highest BCUT2D eigenvalue weighted by molar-refractivity contribution is 5.95. The van der Waals surface area contributed by atoms with Gasteiger partial charge in [0.05, 0.1) is 5.56 Å². The fourth-order valence-corrected chi connectivity index (χ4v) is 4.58. The van der Waals surface area contributed by atoms with Crippen molar-refractivity contribution in [2.75, 3.05) is 19.6 Å². The molecule has 1 atom stereocenters. The Labute approximate surface area is 182 Å². The van der Waals surface area contributed by atoms with Crippen LogP contribution < -0.4 is 5.32 Å². The molecule has 0 bridgehead atoms. The van der Waals surface area contributed by atoms with Gasteiger partial charge in [-0.05, 0) is 75.4 Å². The largest absolute Gasteiger partial charge is 0.456 e. The Morgan fingerprint density at radius 2 is 2.16 bits per heavy atom. The molecule has 162 valence electrons. The molecule has 1 unspecified atom stereocenters. The number of amides is 2. The maximum Gasteiger partial charge on any atom is 0.287 e. The predicted octanol–water partition coefficient (Wildman–Crippen LogP) is 3.64. The van der Waals surface area contributed by atoms with Crippen LogP contribution in [-0.2, 0) is 0 Å². The van der Waals surface area contributed by atoms with Crippen LogP contribution in [-0.4, -0.2) is 48.1 Å². The van der Waals surface area contributed by atoms with Crippen LogP contribution in [0.3, 0.4) is 0 Å². The minimum Gasteiger partial charge on any atom is -0.456 e. The van der Waals surface area contributed by atoms with Crippen LogP contribution >= 0.6 is 0 Å². The standard InChI is InChI=1S/C24H28N4O3/c1-16-20(5-4-9-26-16)23(30)28-11-7-24(8-12-28)14-19(24)15-27-22(29)21-13-18(6-10-25-3)17(2)31-21/h4-6,9-10,13,19H,3,7-8,11-12,14-15H2,1-2H3,(H,27,29)/b10-6-. The van der Waals surface area contributed by atoms with Crippen molar-refractivity contribution in [3.63, 3.8) is 0 Å². The molecule has 1 spiro atoms. The third-order valence-corrected chi connectivity index (χ3v) is 6.69.